The predicted octanol–water partition coefficient (Wildman–Crippen LogP) is 1.36. The van der Waals surface area contributed by atoms with Crippen molar-refractivity contribution in [2.24, 2.45) is 0 Å². The molecule has 3 amide bonds. The number of hydrogen-bond acceptors (Lipinski definition) is 3. The number of likely N-dealkylation sites (N-methyl/N-ethyl adjacent to an activating group) is 1. The number of amides is 3. The minimum Gasteiger partial charge on any atom is -0.478 e. The average molecular weight is 344 g/mol. The van der Waals surface area contributed by atoms with E-state index >= 15 is 0 Å². The van der Waals surface area contributed by atoms with Crippen molar-refractivity contribution in [1.82, 2.24) is 10.2 Å². The van der Waals surface area contributed by atoms with Crippen molar-refractivity contribution in [1.29, 1.82) is 0 Å². The Morgan fingerprint density at radius 2 is 1.95 bits per heavy atom. The van der Waals surface area contributed by atoms with Crippen LogP contribution in [0.5, 0.6) is 0 Å². The van der Waals surface area contributed by atoms with Crippen LogP contribution in [0.3, 0.4) is 0 Å². The molecule has 0 radical (unpaired) electrons. The Labute approximate surface area is 124 Å². The second-order valence-electron chi connectivity index (χ2n) is 4.10. The van der Waals surface area contributed by atoms with E-state index in [4.69, 9.17) is 5.11 Å². The monoisotopic (exact) mass is 343 g/mol. The van der Waals surface area contributed by atoms with Crippen molar-refractivity contribution >= 4 is 39.5 Å². The van der Waals surface area contributed by atoms with Crippen molar-refractivity contribution < 1.29 is 19.5 Å². The summed E-state index contributed by atoms with van der Waals surface area (Å²) in [5.74, 6) is -1.36. The maximum absolute atomic E-state index is 11.6. The number of carbonyl (C=O) groups is 3. The van der Waals surface area contributed by atoms with Gasteiger partial charge in [0.25, 0.3) is 0 Å². The minimum absolute atomic E-state index is 0.0344. The highest BCUT2D eigenvalue weighted by atomic mass is 79.9. The molecule has 0 atom stereocenters. The molecule has 0 aromatic heterocycles. The van der Waals surface area contributed by atoms with Crippen LogP contribution in [-0.2, 0) is 4.79 Å². The van der Waals surface area contributed by atoms with Gasteiger partial charge in [-0.15, -0.1) is 0 Å². The summed E-state index contributed by atoms with van der Waals surface area (Å²) in [5.41, 5.74) is 0.354. The molecule has 3 N–H and O–H groups in total. The van der Waals surface area contributed by atoms with Crippen LogP contribution in [0.4, 0.5) is 10.5 Å². The van der Waals surface area contributed by atoms with Crippen LogP contribution in [0.1, 0.15) is 10.4 Å². The highest BCUT2D eigenvalue weighted by Crippen LogP contribution is 2.21. The zero-order valence-electron chi connectivity index (χ0n) is 10.9. The lowest BCUT2D eigenvalue weighted by Crippen LogP contribution is -2.38. The Kier molecular flexibility index (Phi) is 5.51. The van der Waals surface area contributed by atoms with E-state index in [0.717, 1.165) is 0 Å². The Bertz CT molecular complexity index is 546. The van der Waals surface area contributed by atoms with E-state index in [1.807, 2.05) is 0 Å². The van der Waals surface area contributed by atoms with Gasteiger partial charge in [0, 0.05) is 24.3 Å². The van der Waals surface area contributed by atoms with E-state index in [-0.39, 0.29) is 18.0 Å². The topological polar surface area (TPSA) is 98.7 Å². The van der Waals surface area contributed by atoms with Gasteiger partial charge in [-0.1, -0.05) is 0 Å². The molecular formula is C12H14BrN3O4. The third kappa shape index (κ3) is 4.54. The van der Waals surface area contributed by atoms with Crippen molar-refractivity contribution in [3.8, 4) is 0 Å². The van der Waals surface area contributed by atoms with Gasteiger partial charge >= 0.3 is 12.0 Å². The smallest absolute Gasteiger partial charge is 0.336 e. The number of carboxylic acid groups (broad SMARTS) is 1. The quantitative estimate of drug-likeness (QED) is 0.768. The van der Waals surface area contributed by atoms with Gasteiger partial charge in [0.05, 0.1) is 12.1 Å². The molecule has 108 valence electrons. The maximum Gasteiger partial charge on any atom is 0.336 e. The molecule has 0 aliphatic heterocycles. The summed E-state index contributed by atoms with van der Waals surface area (Å²) >= 11 is 3.10. The molecule has 0 bridgehead atoms. The fourth-order valence-electron chi connectivity index (χ4n) is 1.26. The number of anilines is 1. The zero-order valence-corrected chi connectivity index (χ0v) is 12.5. The summed E-state index contributed by atoms with van der Waals surface area (Å²) in [7, 11) is 3.16. The summed E-state index contributed by atoms with van der Waals surface area (Å²) in [6.45, 7) is -0.138. The lowest BCUT2D eigenvalue weighted by Gasteiger charge is -2.12. The summed E-state index contributed by atoms with van der Waals surface area (Å²) in [4.78, 5) is 35.1. The second-order valence-corrected chi connectivity index (χ2v) is 4.95. The van der Waals surface area contributed by atoms with Gasteiger partial charge < -0.3 is 20.6 Å². The Morgan fingerprint density at radius 3 is 2.50 bits per heavy atom. The maximum atomic E-state index is 11.6. The first-order valence-electron chi connectivity index (χ1n) is 5.59. The van der Waals surface area contributed by atoms with Gasteiger partial charge in [0.1, 0.15) is 0 Å². The molecule has 0 aliphatic rings. The normalized spacial score (nSPS) is 9.75. The van der Waals surface area contributed by atoms with E-state index in [0.29, 0.717) is 10.2 Å². The third-order valence-electron chi connectivity index (χ3n) is 2.35. The predicted molar refractivity (Wildman–Crippen MR) is 76.8 cm³/mol. The molecule has 0 unspecified atom stereocenters. The van der Waals surface area contributed by atoms with E-state index in [1.165, 1.54) is 17.0 Å². The summed E-state index contributed by atoms with van der Waals surface area (Å²) in [6.07, 6.45) is 0. The van der Waals surface area contributed by atoms with Gasteiger partial charge in [0.2, 0.25) is 5.91 Å². The molecule has 0 saturated heterocycles. The number of hydrogen-bond donors (Lipinski definition) is 3. The molecule has 0 aliphatic carbocycles. The number of carboxylic acids is 1. The number of benzene rings is 1. The number of rotatable bonds is 4. The van der Waals surface area contributed by atoms with Crippen molar-refractivity contribution in [2.45, 2.75) is 0 Å². The van der Waals surface area contributed by atoms with Gasteiger partial charge in [0.15, 0.2) is 0 Å². The molecule has 0 fully saturated rings. The molecular weight excluding hydrogens is 330 g/mol. The average Bonchev–Trinajstić information content (AvgIpc) is 2.37. The number of nitrogens with zero attached hydrogens (tertiary/aromatic N) is 1. The number of urea groups is 1. The highest BCUT2D eigenvalue weighted by molar-refractivity contribution is 9.10. The first-order chi connectivity index (χ1) is 9.31. The summed E-state index contributed by atoms with van der Waals surface area (Å²) in [6, 6.07) is 3.80. The number of aromatic carboxylic acids is 1. The van der Waals surface area contributed by atoms with Crippen LogP contribution in [0.15, 0.2) is 22.7 Å². The fourth-order valence-corrected chi connectivity index (χ4v) is 1.67. The Balaban J connectivity index is 2.65. The van der Waals surface area contributed by atoms with Crippen LogP contribution in [0.2, 0.25) is 0 Å². The lowest BCUT2D eigenvalue weighted by atomic mass is 10.2. The molecule has 1 rings (SSSR count). The van der Waals surface area contributed by atoms with E-state index in [1.54, 1.807) is 20.2 Å². The summed E-state index contributed by atoms with van der Waals surface area (Å²) < 4.78 is 0.416. The van der Waals surface area contributed by atoms with E-state index in [9.17, 15) is 14.4 Å². The van der Waals surface area contributed by atoms with Crippen LogP contribution < -0.4 is 10.6 Å². The van der Waals surface area contributed by atoms with Crippen molar-refractivity contribution in [3.05, 3.63) is 28.2 Å². The minimum atomic E-state index is -1.11. The van der Waals surface area contributed by atoms with Crippen LogP contribution in [0, 0.1) is 0 Å². The zero-order chi connectivity index (χ0) is 15.3. The van der Waals surface area contributed by atoms with Crippen molar-refractivity contribution in [3.63, 3.8) is 0 Å². The second kappa shape index (κ2) is 6.90. The fraction of sp³-hybridized carbons (Fsp3) is 0.250. The van der Waals surface area contributed by atoms with Crippen molar-refractivity contribution in [2.75, 3.05) is 26.0 Å². The largest absolute Gasteiger partial charge is 0.478 e. The van der Waals surface area contributed by atoms with Crippen LogP contribution >= 0.6 is 15.9 Å². The molecule has 7 nitrogen and oxygen atoms in total. The van der Waals surface area contributed by atoms with Crippen LogP contribution in [-0.4, -0.2) is 48.6 Å². The first-order valence-corrected chi connectivity index (χ1v) is 6.38. The Morgan fingerprint density at radius 1 is 1.30 bits per heavy atom. The molecule has 20 heavy (non-hydrogen) atoms. The van der Waals surface area contributed by atoms with E-state index in [2.05, 4.69) is 26.6 Å². The number of halogens is 1. The van der Waals surface area contributed by atoms with Gasteiger partial charge in [-0.2, -0.15) is 0 Å². The Hall–Kier alpha value is -2.09. The molecule has 1 aromatic carbocycles. The first kappa shape index (κ1) is 16.0. The van der Waals surface area contributed by atoms with E-state index < -0.39 is 12.0 Å². The molecule has 8 heteroatoms. The van der Waals surface area contributed by atoms with Gasteiger partial charge in [-0.05, 0) is 34.1 Å². The van der Waals surface area contributed by atoms with Gasteiger partial charge in [-0.25, -0.2) is 9.59 Å². The molecule has 0 heterocycles. The molecule has 1 aromatic rings. The van der Waals surface area contributed by atoms with Gasteiger partial charge in [-0.3, -0.25) is 4.79 Å². The number of carbonyl (C=O) groups excluding carboxylic acids is 2. The molecule has 0 spiro atoms. The standard InChI is InChI=1S/C12H14BrN3O4/c1-16(2)10(17)6-14-12(20)15-7-3-4-9(13)8(5-7)11(18)19/h3-5H,6H2,1-2H3,(H,18,19)(H2,14,15,20). The SMILES string of the molecule is CN(C)C(=O)CNC(=O)Nc1ccc(Br)c(C(=O)O)c1. The van der Waals surface area contributed by atoms with Crippen LogP contribution in [0.25, 0.3) is 0 Å². The third-order valence-corrected chi connectivity index (χ3v) is 3.05. The molecule has 0 saturated carbocycles. The lowest BCUT2D eigenvalue weighted by molar-refractivity contribution is -0.127. The number of nitrogens with one attached hydrogen (secondary N) is 2. The highest BCUT2D eigenvalue weighted by Gasteiger charge is 2.11. The summed E-state index contributed by atoms with van der Waals surface area (Å²) in [5, 5.41) is 13.8.